The first-order chi connectivity index (χ1) is 8.03. The maximum Gasteiger partial charge on any atom is 0.0524 e. The van der Waals surface area contributed by atoms with Gasteiger partial charge in [0.1, 0.15) is 0 Å². The predicted molar refractivity (Wildman–Crippen MR) is 79.3 cm³/mol. The fourth-order valence-electron chi connectivity index (χ4n) is 1.55. The van der Waals surface area contributed by atoms with Crippen molar-refractivity contribution in [2.45, 2.75) is 52.6 Å². The van der Waals surface area contributed by atoms with Gasteiger partial charge in [-0.25, -0.2) is 11.7 Å². The molecule has 1 aromatic carbocycles. The van der Waals surface area contributed by atoms with E-state index >= 15 is 0 Å². The van der Waals surface area contributed by atoms with Crippen LogP contribution in [0.4, 0.5) is 11.4 Å². The molecular formula is C14H26N4. The van der Waals surface area contributed by atoms with Gasteiger partial charge in [0.2, 0.25) is 0 Å². The van der Waals surface area contributed by atoms with E-state index in [1.807, 2.05) is 24.3 Å². The molecule has 102 valence electrons. The lowest BCUT2D eigenvalue weighted by atomic mass is 10.1. The van der Waals surface area contributed by atoms with E-state index in [0.717, 1.165) is 11.4 Å². The van der Waals surface area contributed by atoms with Gasteiger partial charge in [0.15, 0.2) is 0 Å². The van der Waals surface area contributed by atoms with Crippen LogP contribution in [0.3, 0.4) is 0 Å². The van der Waals surface area contributed by atoms with Crippen LogP contribution in [0.1, 0.15) is 41.5 Å². The van der Waals surface area contributed by atoms with Gasteiger partial charge in [0.25, 0.3) is 0 Å². The van der Waals surface area contributed by atoms with Gasteiger partial charge in [0.05, 0.1) is 11.4 Å². The summed E-state index contributed by atoms with van der Waals surface area (Å²) >= 11 is 0. The van der Waals surface area contributed by atoms with Crippen LogP contribution in [0.15, 0.2) is 24.3 Å². The second-order valence-electron chi connectivity index (χ2n) is 6.60. The molecule has 1 rings (SSSR count). The largest absolute Gasteiger partial charge is 0.306 e. The van der Waals surface area contributed by atoms with E-state index < -0.39 is 0 Å². The van der Waals surface area contributed by atoms with Gasteiger partial charge in [-0.05, 0) is 65.8 Å². The lowest BCUT2D eigenvalue weighted by molar-refractivity contribution is 0.510. The minimum atomic E-state index is -0.103. The number of nitrogens with two attached hydrogens (primary N) is 2. The van der Waals surface area contributed by atoms with Crippen molar-refractivity contribution in [3.8, 4) is 0 Å². The smallest absolute Gasteiger partial charge is 0.0524 e. The molecule has 0 aliphatic carbocycles. The monoisotopic (exact) mass is 250 g/mol. The summed E-state index contributed by atoms with van der Waals surface area (Å²) in [7, 11) is 0. The van der Waals surface area contributed by atoms with Crippen molar-refractivity contribution in [3.05, 3.63) is 24.3 Å². The molecule has 1 aromatic rings. The molecule has 4 nitrogen and oxygen atoms in total. The molecule has 0 radical (unpaired) electrons. The molecule has 0 heterocycles. The number of nitrogens with zero attached hydrogens (tertiary/aromatic N) is 2. The Labute approximate surface area is 110 Å². The maximum atomic E-state index is 6.07. The third-order valence-corrected chi connectivity index (χ3v) is 2.85. The summed E-state index contributed by atoms with van der Waals surface area (Å²) in [4.78, 5) is 0. The SMILES string of the molecule is CC(C)(C)N(N)c1ccc(N(N)C(C)(C)C)cc1. The molecule has 0 amide bonds. The van der Waals surface area contributed by atoms with Gasteiger partial charge >= 0.3 is 0 Å². The van der Waals surface area contributed by atoms with Crippen molar-refractivity contribution in [3.63, 3.8) is 0 Å². The second-order valence-corrected chi connectivity index (χ2v) is 6.60. The first-order valence-corrected chi connectivity index (χ1v) is 6.23. The Balaban J connectivity index is 2.94. The summed E-state index contributed by atoms with van der Waals surface area (Å²) < 4.78 is 0. The molecule has 18 heavy (non-hydrogen) atoms. The van der Waals surface area contributed by atoms with Crippen LogP contribution in [-0.2, 0) is 0 Å². The Bertz CT molecular complexity index is 345. The zero-order chi connectivity index (χ0) is 14.1. The summed E-state index contributed by atoms with van der Waals surface area (Å²) in [5.41, 5.74) is 1.75. The highest BCUT2D eigenvalue weighted by atomic mass is 15.4. The molecule has 0 aromatic heterocycles. The van der Waals surface area contributed by atoms with Crippen LogP contribution in [0.5, 0.6) is 0 Å². The fraction of sp³-hybridized carbons (Fsp3) is 0.571. The Morgan fingerprint density at radius 2 is 0.889 bits per heavy atom. The highest BCUT2D eigenvalue weighted by molar-refractivity contribution is 5.56. The van der Waals surface area contributed by atoms with Crippen LogP contribution in [0.2, 0.25) is 0 Å². The van der Waals surface area contributed by atoms with Crippen LogP contribution in [-0.4, -0.2) is 11.1 Å². The highest BCUT2D eigenvalue weighted by Gasteiger charge is 2.20. The molecule has 0 atom stereocenters. The molecule has 0 saturated heterocycles. The number of anilines is 2. The summed E-state index contributed by atoms with van der Waals surface area (Å²) in [5, 5.41) is 3.52. The molecule has 0 aliphatic rings. The normalized spacial score (nSPS) is 12.4. The lowest BCUT2D eigenvalue weighted by Gasteiger charge is -2.35. The van der Waals surface area contributed by atoms with Crippen molar-refractivity contribution >= 4 is 11.4 Å². The minimum Gasteiger partial charge on any atom is -0.306 e. The predicted octanol–water partition coefficient (Wildman–Crippen LogP) is 2.64. The van der Waals surface area contributed by atoms with E-state index in [1.54, 1.807) is 10.0 Å². The summed E-state index contributed by atoms with van der Waals surface area (Å²) in [6, 6.07) is 7.97. The van der Waals surface area contributed by atoms with Crippen molar-refractivity contribution in [1.82, 2.24) is 0 Å². The quantitative estimate of drug-likeness (QED) is 0.626. The van der Waals surface area contributed by atoms with E-state index in [2.05, 4.69) is 41.5 Å². The van der Waals surface area contributed by atoms with Crippen LogP contribution in [0, 0.1) is 0 Å². The van der Waals surface area contributed by atoms with Crippen LogP contribution >= 0.6 is 0 Å². The second kappa shape index (κ2) is 4.78. The first-order valence-electron chi connectivity index (χ1n) is 6.23. The van der Waals surface area contributed by atoms with Gasteiger partial charge in [-0.3, -0.25) is 0 Å². The van der Waals surface area contributed by atoms with E-state index in [4.69, 9.17) is 11.7 Å². The van der Waals surface area contributed by atoms with Crippen molar-refractivity contribution in [2.75, 3.05) is 10.0 Å². The van der Waals surface area contributed by atoms with Gasteiger partial charge in [-0.15, -0.1) is 0 Å². The standard InChI is InChI=1S/C14H26N4/c1-13(2,3)17(15)11-7-9-12(10-8-11)18(16)14(4,5)6/h7-10H,15-16H2,1-6H3. The number of hydrogen-bond donors (Lipinski definition) is 2. The third kappa shape index (κ3) is 3.37. The summed E-state index contributed by atoms with van der Waals surface area (Å²) in [5.74, 6) is 12.1. The Hall–Kier alpha value is -1.26. The zero-order valence-corrected chi connectivity index (χ0v) is 12.4. The van der Waals surface area contributed by atoms with Crippen molar-refractivity contribution in [2.24, 2.45) is 11.7 Å². The number of hydrazine groups is 2. The zero-order valence-electron chi connectivity index (χ0n) is 12.4. The minimum absolute atomic E-state index is 0.103. The Morgan fingerprint density at radius 1 is 0.667 bits per heavy atom. The van der Waals surface area contributed by atoms with E-state index in [9.17, 15) is 0 Å². The maximum absolute atomic E-state index is 6.07. The van der Waals surface area contributed by atoms with Gasteiger partial charge in [-0.1, -0.05) is 0 Å². The molecular weight excluding hydrogens is 224 g/mol. The molecule has 0 bridgehead atoms. The van der Waals surface area contributed by atoms with Gasteiger partial charge in [0, 0.05) is 11.1 Å². The molecule has 4 N–H and O–H groups in total. The molecule has 4 heteroatoms. The fourth-order valence-corrected chi connectivity index (χ4v) is 1.55. The Kier molecular flexibility index (Phi) is 3.93. The first kappa shape index (κ1) is 14.8. The number of benzene rings is 1. The van der Waals surface area contributed by atoms with Crippen LogP contribution in [0.25, 0.3) is 0 Å². The molecule has 0 saturated carbocycles. The molecule has 0 aliphatic heterocycles. The average molecular weight is 250 g/mol. The summed E-state index contributed by atoms with van der Waals surface area (Å²) in [6.07, 6.45) is 0. The van der Waals surface area contributed by atoms with Crippen molar-refractivity contribution in [1.29, 1.82) is 0 Å². The number of hydrogen-bond acceptors (Lipinski definition) is 4. The van der Waals surface area contributed by atoms with E-state index in [1.165, 1.54) is 0 Å². The van der Waals surface area contributed by atoms with E-state index in [-0.39, 0.29) is 11.1 Å². The topological polar surface area (TPSA) is 58.5 Å². The lowest BCUT2D eigenvalue weighted by Crippen LogP contribution is -2.47. The molecule has 0 spiro atoms. The highest BCUT2D eigenvalue weighted by Crippen LogP contribution is 2.25. The van der Waals surface area contributed by atoms with Gasteiger partial charge in [-0.2, -0.15) is 0 Å². The molecule has 0 unspecified atom stereocenters. The Morgan fingerprint density at radius 3 is 1.06 bits per heavy atom. The van der Waals surface area contributed by atoms with Gasteiger partial charge < -0.3 is 10.0 Å². The van der Waals surface area contributed by atoms with Crippen molar-refractivity contribution < 1.29 is 0 Å². The van der Waals surface area contributed by atoms with Crippen LogP contribution < -0.4 is 21.7 Å². The summed E-state index contributed by atoms with van der Waals surface area (Å²) in [6.45, 7) is 12.4. The molecule has 0 fully saturated rings. The third-order valence-electron chi connectivity index (χ3n) is 2.85. The average Bonchev–Trinajstić information content (AvgIpc) is 2.25. The number of rotatable bonds is 2. The van der Waals surface area contributed by atoms with E-state index in [0.29, 0.717) is 0 Å².